The van der Waals surface area contributed by atoms with E-state index in [4.69, 9.17) is 4.42 Å². The van der Waals surface area contributed by atoms with E-state index >= 15 is 0 Å². The van der Waals surface area contributed by atoms with Crippen molar-refractivity contribution in [3.05, 3.63) is 184 Å². The van der Waals surface area contributed by atoms with Gasteiger partial charge in [0, 0.05) is 73.2 Å². The first-order valence-electron chi connectivity index (χ1n) is 29.9. The topological polar surface area (TPSA) is 22.9 Å². The Morgan fingerprint density at radius 2 is 1.05 bits per heavy atom. The van der Waals surface area contributed by atoms with E-state index in [1.165, 1.54) is 137 Å². The molecule has 4 aliphatic heterocycles. The summed E-state index contributed by atoms with van der Waals surface area (Å²) in [6.45, 7) is 29.9. The highest BCUT2D eigenvalue weighted by Crippen LogP contribution is 2.65. The molecule has 9 aromatic rings. The number of furan rings is 1. The number of anilines is 8. The first-order chi connectivity index (χ1) is 37.7. The van der Waals surface area contributed by atoms with Gasteiger partial charge in [0.1, 0.15) is 11.2 Å². The fraction of sp³-hybridized carbons (Fsp3) is 0.351. The first kappa shape index (κ1) is 48.0. The molecule has 1 aromatic heterocycles. The van der Waals surface area contributed by atoms with Crippen LogP contribution in [0, 0.1) is 20.8 Å². The maximum atomic E-state index is 6.74. The van der Waals surface area contributed by atoms with Crippen LogP contribution in [0.2, 0.25) is 0 Å². The maximum Gasteiger partial charge on any atom is 0.252 e. The average Bonchev–Trinajstić information content (AvgIpc) is 3.05. The molecule has 16 rings (SSSR count). The number of fused-ring (bicyclic) bond motifs is 17. The molecule has 5 heteroatoms. The van der Waals surface area contributed by atoms with Crippen LogP contribution in [0.5, 0.6) is 0 Å². The Hall–Kier alpha value is -6.98. The molecule has 394 valence electrons. The van der Waals surface area contributed by atoms with E-state index in [0.717, 1.165) is 59.7 Å². The molecule has 7 aliphatic rings. The number of rotatable bonds is 2. The van der Waals surface area contributed by atoms with E-state index < -0.39 is 0 Å². The lowest BCUT2D eigenvalue weighted by Gasteiger charge is -2.51. The smallest absolute Gasteiger partial charge is 0.252 e. The van der Waals surface area contributed by atoms with Gasteiger partial charge in [0.15, 0.2) is 0 Å². The number of benzene rings is 8. The van der Waals surface area contributed by atoms with Gasteiger partial charge in [-0.25, -0.2) is 0 Å². The standard InChI is InChI=1S/C74H74BN3O/c1-43-33-64-68-65(34-43)77-60-42-56-53(35-45(60)3)71(8,9)31-32-72(56,10)52-40-61-57(38-51(52)48-20-14-13-19-44(48)2)73(11)27-17-18-28-74(73,12)78(61)47-24-26-58(62(77)36-47)75(68)59-39-54-55(70(6,7)30-29-69(54,4)5)41-63(59)76(64)46-23-25-50-49-21-15-16-22-66(49)79-67(50)37-46/h13-16,19-26,33-42H,17-18,27-32H2,1-12H3. The van der Waals surface area contributed by atoms with Crippen LogP contribution in [0.1, 0.15) is 164 Å². The van der Waals surface area contributed by atoms with E-state index in [1.54, 1.807) is 0 Å². The van der Waals surface area contributed by atoms with E-state index in [2.05, 4.69) is 231 Å². The Morgan fingerprint density at radius 1 is 0.418 bits per heavy atom. The summed E-state index contributed by atoms with van der Waals surface area (Å²) in [4.78, 5) is 8.27. The number of para-hydroxylation sites is 1. The van der Waals surface area contributed by atoms with Crippen molar-refractivity contribution in [1.82, 2.24) is 0 Å². The molecule has 1 fully saturated rings. The van der Waals surface area contributed by atoms with Crippen LogP contribution >= 0.6 is 0 Å². The van der Waals surface area contributed by atoms with Crippen LogP contribution in [-0.4, -0.2) is 12.3 Å². The van der Waals surface area contributed by atoms with Gasteiger partial charge >= 0.3 is 0 Å². The Bertz CT molecular complexity index is 4210. The van der Waals surface area contributed by atoms with Crippen molar-refractivity contribution in [3.8, 4) is 11.1 Å². The van der Waals surface area contributed by atoms with E-state index in [-0.39, 0.29) is 39.3 Å². The summed E-state index contributed by atoms with van der Waals surface area (Å²) in [5, 5.41) is 2.31. The molecule has 3 aliphatic carbocycles. The van der Waals surface area contributed by atoms with Crippen molar-refractivity contribution in [2.75, 3.05) is 14.7 Å². The van der Waals surface area contributed by atoms with Crippen LogP contribution in [0.4, 0.5) is 45.5 Å². The molecular weight excluding hydrogens is 958 g/mol. The van der Waals surface area contributed by atoms with Crippen molar-refractivity contribution < 1.29 is 4.42 Å². The minimum absolute atomic E-state index is 0.00192. The largest absolute Gasteiger partial charge is 0.456 e. The molecule has 8 aromatic carbocycles. The molecule has 0 spiro atoms. The van der Waals surface area contributed by atoms with Gasteiger partial charge in [-0.2, -0.15) is 0 Å². The lowest BCUT2D eigenvalue weighted by molar-refractivity contribution is 0.195. The monoisotopic (exact) mass is 1030 g/mol. The zero-order valence-electron chi connectivity index (χ0n) is 48.7. The van der Waals surface area contributed by atoms with Crippen LogP contribution in [0.15, 0.2) is 138 Å². The molecule has 1 saturated carbocycles. The summed E-state index contributed by atoms with van der Waals surface area (Å²) in [6.07, 6.45) is 9.31. The third-order valence-electron chi connectivity index (χ3n) is 22.5. The van der Waals surface area contributed by atoms with E-state index in [9.17, 15) is 0 Å². The number of hydrogen-bond donors (Lipinski definition) is 0. The highest BCUT2D eigenvalue weighted by molar-refractivity contribution is 7.00. The van der Waals surface area contributed by atoms with Crippen molar-refractivity contribution in [1.29, 1.82) is 0 Å². The number of nitrogens with zero attached hydrogens (tertiary/aromatic N) is 3. The third kappa shape index (κ3) is 6.13. The Kier molecular flexibility index (Phi) is 9.40. The summed E-state index contributed by atoms with van der Waals surface area (Å²) in [6, 6.07) is 53.6. The fourth-order valence-corrected chi connectivity index (χ4v) is 17.5. The van der Waals surface area contributed by atoms with Crippen molar-refractivity contribution in [2.24, 2.45) is 0 Å². The molecule has 0 saturated heterocycles. The summed E-state index contributed by atoms with van der Waals surface area (Å²) in [5.41, 5.74) is 31.5. The quantitative estimate of drug-likeness (QED) is 0.161. The zero-order valence-corrected chi connectivity index (χ0v) is 48.7. The van der Waals surface area contributed by atoms with Gasteiger partial charge in [-0.3, -0.25) is 0 Å². The minimum Gasteiger partial charge on any atom is -0.456 e. The van der Waals surface area contributed by atoms with Gasteiger partial charge in [0.2, 0.25) is 0 Å². The Morgan fingerprint density at radius 3 is 1.84 bits per heavy atom. The fourth-order valence-electron chi connectivity index (χ4n) is 17.5. The Labute approximate surface area is 468 Å². The van der Waals surface area contributed by atoms with Crippen LogP contribution < -0.4 is 31.1 Å². The average molecular weight is 1030 g/mol. The van der Waals surface area contributed by atoms with Gasteiger partial charge in [0.05, 0.1) is 5.54 Å². The second kappa shape index (κ2) is 15.5. The zero-order chi connectivity index (χ0) is 54.2. The second-order valence-corrected chi connectivity index (χ2v) is 28.3. The lowest BCUT2D eigenvalue weighted by atomic mass is 9.33. The van der Waals surface area contributed by atoms with Gasteiger partial charge in [-0.1, -0.05) is 129 Å². The van der Waals surface area contributed by atoms with E-state index in [1.807, 2.05) is 0 Å². The molecule has 0 radical (unpaired) electrons. The number of aryl methyl sites for hydroxylation is 3. The minimum atomic E-state index is -0.272. The molecular formula is C74H74BN3O. The van der Waals surface area contributed by atoms with Crippen LogP contribution in [0.25, 0.3) is 33.1 Å². The SMILES string of the molecule is Cc1cc2c3c(c1)N1c4cc5c(cc4C)C(C)(C)CCC5(C)c4cc5c(cc4-c4ccccc4C)C4(C)CCCCC4(C)N5c4ccc(c1c4)B3c1cc3c(cc1N2c1ccc2c(c1)oc1ccccc12)C(C)(C)CCC3(C)C. The summed E-state index contributed by atoms with van der Waals surface area (Å²) in [5.74, 6) is 0. The van der Waals surface area contributed by atoms with Gasteiger partial charge in [0.25, 0.3) is 6.71 Å². The summed E-state index contributed by atoms with van der Waals surface area (Å²) in [7, 11) is 0. The Balaban J connectivity index is 1.04. The predicted molar refractivity (Wildman–Crippen MR) is 334 cm³/mol. The van der Waals surface area contributed by atoms with Crippen molar-refractivity contribution in [3.63, 3.8) is 0 Å². The van der Waals surface area contributed by atoms with Crippen molar-refractivity contribution >= 4 is 90.5 Å². The second-order valence-electron chi connectivity index (χ2n) is 28.3. The maximum absolute atomic E-state index is 6.74. The number of hydrogen-bond acceptors (Lipinski definition) is 4. The van der Waals surface area contributed by atoms with Gasteiger partial charge in [-0.15, -0.1) is 0 Å². The molecule has 6 bridgehead atoms. The molecule has 5 heterocycles. The highest BCUT2D eigenvalue weighted by atomic mass is 16.3. The predicted octanol–water partition coefficient (Wildman–Crippen LogP) is 18.0. The van der Waals surface area contributed by atoms with E-state index in [0.29, 0.717) is 0 Å². The van der Waals surface area contributed by atoms with Crippen LogP contribution in [0.3, 0.4) is 0 Å². The third-order valence-corrected chi connectivity index (χ3v) is 22.5. The molecule has 3 unspecified atom stereocenters. The van der Waals surface area contributed by atoms with Crippen molar-refractivity contribution in [2.45, 2.75) is 167 Å². The van der Waals surface area contributed by atoms with Gasteiger partial charge in [-0.05, 0) is 227 Å². The molecule has 79 heavy (non-hydrogen) atoms. The first-order valence-corrected chi connectivity index (χ1v) is 29.9. The summed E-state index contributed by atoms with van der Waals surface area (Å²) < 4.78 is 6.74. The normalized spacial score (nSPS) is 23.9. The van der Waals surface area contributed by atoms with Gasteiger partial charge < -0.3 is 19.1 Å². The molecule has 0 amide bonds. The molecule has 4 nitrogen and oxygen atoms in total. The lowest BCUT2D eigenvalue weighted by Crippen LogP contribution is -2.62. The highest BCUT2D eigenvalue weighted by Gasteiger charge is 2.59. The molecule has 3 atom stereocenters. The van der Waals surface area contributed by atoms with Crippen LogP contribution in [-0.2, 0) is 27.1 Å². The summed E-state index contributed by atoms with van der Waals surface area (Å²) >= 11 is 0. The molecule has 0 N–H and O–H groups in total.